The molecule has 0 saturated heterocycles. The van der Waals surface area contributed by atoms with E-state index < -0.39 is 0 Å². The Morgan fingerprint density at radius 2 is 2.17 bits per heavy atom. The Hall–Kier alpha value is -1.15. The largest absolute Gasteiger partial charge is 0.310 e. The summed E-state index contributed by atoms with van der Waals surface area (Å²) in [7, 11) is 0. The van der Waals surface area contributed by atoms with Crippen LogP contribution in [-0.4, -0.2) is 6.54 Å². The van der Waals surface area contributed by atoms with E-state index in [1.807, 2.05) is 19.9 Å². The molecule has 1 N–H and O–H groups in total. The standard InChI is InChI=1S/C16H24FN/c1-5-10-18-16(9-6-12(2)3)15-8-7-14(17)11-13(15)4/h7-8,11,16,18H,2,5-6,9-10H2,1,3-4H3. The number of halogens is 1. The van der Waals surface area contributed by atoms with Crippen molar-refractivity contribution in [2.75, 3.05) is 6.54 Å². The zero-order valence-electron chi connectivity index (χ0n) is 11.7. The Kier molecular flexibility index (Phi) is 6.06. The van der Waals surface area contributed by atoms with Gasteiger partial charge in [0.15, 0.2) is 0 Å². The molecule has 0 heterocycles. The second-order valence-electron chi connectivity index (χ2n) is 5.00. The topological polar surface area (TPSA) is 12.0 Å². The van der Waals surface area contributed by atoms with Crippen molar-refractivity contribution in [3.8, 4) is 0 Å². The Morgan fingerprint density at radius 1 is 1.44 bits per heavy atom. The molecule has 1 nitrogen and oxygen atoms in total. The van der Waals surface area contributed by atoms with Gasteiger partial charge >= 0.3 is 0 Å². The summed E-state index contributed by atoms with van der Waals surface area (Å²) >= 11 is 0. The van der Waals surface area contributed by atoms with Crippen molar-refractivity contribution >= 4 is 0 Å². The van der Waals surface area contributed by atoms with Gasteiger partial charge in [0.1, 0.15) is 5.82 Å². The van der Waals surface area contributed by atoms with Crippen molar-refractivity contribution in [2.24, 2.45) is 0 Å². The van der Waals surface area contributed by atoms with Crippen LogP contribution < -0.4 is 5.32 Å². The van der Waals surface area contributed by atoms with E-state index in [1.165, 1.54) is 11.1 Å². The van der Waals surface area contributed by atoms with Gasteiger partial charge in [0.25, 0.3) is 0 Å². The van der Waals surface area contributed by atoms with Crippen molar-refractivity contribution in [3.05, 3.63) is 47.3 Å². The third-order valence-electron chi connectivity index (χ3n) is 3.11. The molecule has 0 aliphatic heterocycles. The molecule has 0 saturated carbocycles. The van der Waals surface area contributed by atoms with Crippen LogP contribution in [0.5, 0.6) is 0 Å². The van der Waals surface area contributed by atoms with Crippen molar-refractivity contribution in [3.63, 3.8) is 0 Å². The van der Waals surface area contributed by atoms with E-state index >= 15 is 0 Å². The molecule has 0 aliphatic carbocycles. The Balaban J connectivity index is 2.82. The second-order valence-corrected chi connectivity index (χ2v) is 5.00. The van der Waals surface area contributed by atoms with Crippen LogP contribution in [0.15, 0.2) is 30.4 Å². The summed E-state index contributed by atoms with van der Waals surface area (Å²) in [5.41, 5.74) is 3.41. The van der Waals surface area contributed by atoms with E-state index in [-0.39, 0.29) is 5.82 Å². The first kappa shape index (κ1) is 14.9. The van der Waals surface area contributed by atoms with Gasteiger partial charge in [-0.25, -0.2) is 4.39 Å². The molecular formula is C16H24FN. The SMILES string of the molecule is C=C(C)CCC(NCCC)c1ccc(F)cc1C. The maximum absolute atomic E-state index is 13.1. The molecule has 1 aromatic rings. The third kappa shape index (κ3) is 4.61. The lowest BCUT2D eigenvalue weighted by Gasteiger charge is -2.21. The van der Waals surface area contributed by atoms with E-state index in [9.17, 15) is 4.39 Å². The van der Waals surface area contributed by atoms with E-state index in [0.29, 0.717) is 6.04 Å². The van der Waals surface area contributed by atoms with Crippen molar-refractivity contribution in [1.82, 2.24) is 5.32 Å². The molecule has 0 radical (unpaired) electrons. The number of hydrogen-bond acceptors (Lipinski definition) is 1. The molecule has 1 rings (SSSR count). The Morgan fingerprint density at radius 3 is 2.72 bits per heavy atom. The number of rotatable bonds is 7. The summed E-state index contributed by atoms with van der Waals surface area (Å²) in [5.74, 6) is -0.162. The highest BCUT2D eigenvalue weighted by atomic mass is 19.1. The van der Waals surface area contributed by atoms with Gasteiger partial charge in [-0.1, -0.05) is 18.6 Å². The van der Waals surface area contributed by atoms with Crippen molar-refractivity contribution < 1.29 is 4.39 Å². The van der Waals surface area contributed by atoms with Gasteiger partial charge in [0.05, 0.1) is 0 Å². The van der Waals surface area contributed by atoms with Crippen LogP contribution in [0.2, 0.25) is 0 Å². The van der Waals surface area contributed by atoms with E-state index in [1.54, 1.807) is 12.1 Å². The number of nitrogens with one attached hydrogen (secondary N) is 1. The lowest BCUT2D eigenvalue weighted by molar-refractivity contribution is 0.495. The quantitative estimate of drug-likeness (QED) is 0.700. The molecule has 2 heteroatoms. The predicted octanol–water partition coefficient (Wildman–Crippen LogP) is 4.53. The minimum Gasteiger partial charge on any atom is -0.310 e. The average Bonchev–Trinajstić information content (AvgIpc) is 2.30. The Labute approximate surface area is 110 Å². The van der Waals surface area contributed by atoms with Gasteiger partial charge in [-0.15, -0.1) is 6.58 Å². The number of aryl methyl sites for hydroxylation is 1. The maximum Gasteiger partial charge on any atom is 0.123 e. The van der Waals surface area contributed by atoms with Crippen LogP contribution in [0, 0.1) is 12.7 Å². The smallest absolute Gasteiger partial charge is 0.123 e. The van der Waals surface area contributed by atoms with E-state index in [4.69, 9.17) is 0 Å². The first-order chi connectivity index (χ1) is 8.54. The van der Waals surface area contributed by atoms with Gasteiger partial charge < -0.3 is 5.32 Å². The summed E-state index contributed by atoms with van der Waals surface area (Å²) < 4.78 is 13.1. The predicted molar refractivity (Wildman–Crippen MR) is 76.2 cm³/mol. The van der Waals surface area contributed by atoms with Gasteiger partial charge in [-0.2, -0.15) is 0 Å². The molecule has 18 heavy (non-hydrogen) atoms. The number of hydrogen-bond donors (Lipinski definition) is 1. The fourth-order valence-corrected chi connectivity index (χ4v) is 2.11. The van der Waals surface area contributed by atoms with Crippen LogP contribution in [0.3, 0.4) is 0 Å². The first-order valence-electron chi connectivity index (χ1n) is 6.68. The third-order valence-corrected chi connectivity index (χ3v) is 3.11. The molecular weight excluding hydrogens is 225 g/mol. The molecule has 1 aromatic carbocycles. The highest BCUT2D eigenvalue weighted by Gasteiger charge is 2.13. The minimum absolute atomic E-state index is 0.162. The fraction of sp³-hybridized carbons (Fsp3) is 0.500. The van der Waals surface area contributed by atoms with Gasteiger partial charge in [0.2, 0.25) is 0 Å². The average molecular weight is 249 g/mol. The van der Waals surface area contributed by atoms with Crippen LogP contribution in [0.1, 0.15) is 50.3 Å². The normalized spacial score (nSPS) is 12.4. The second kappa shape index (κ2) is 7.32. The summed E-state index contributed by atoms with van der Waals surface area (Å²) in [6, 6.07) is 5.35. The first-order valence-corrected chi connectivity index (χ1v) is 6.68. The minimum atomic E-state index is -0.162. The number of allylic oxidation sites excluding steroid dienone is 1. The fourth-order valence-electron chi connectivity index (χ4n) is 2.11. The van der Waals surface area contributed by atoms with E-state index in [2.05, 4.69) is 18.8 Å². The molecule has 0 bridgehead atoms. The monoisotopic (exact) mass is 249 g/mol. The van der Waals surface area contributed by atoms with E-state index in [0.717, 1.165) is 31.4 Å². The summed E-state index contributed by atoms with van der Waals surface area (Å²) in [6.45, 7) is 11.1. The molecule has 1 atom stereocenters. The van der Waals surface area contributed by atoms with Crippen LogP contribution >= 0.6 is 0 Å². The van der Waals surface area contributed by atoms with Crippen molar-refractivity contribution in [2.45, 2.75) is 46.1 Å². The summed E-state index contributed by atoms with van der Waals surface area (Å²) in [4.78, 5) is 0. The number of benzene rings is 1. The van der Waals surface area contributed by atoms with Crippen LogP contribution in [0.25, 0.3) is 0 Å². The molecule has 100 valence electrons. The molecule has 0 spiro atoms. The maximum atomic E-state index is 13.1. The van der Waals surface area contributed by atoms with Crippen molar-refractivity contribution in [1.29, 1.82) is 0 Å². The molecule has 0 fully saturated rings. The van der Waals surface area contributed by atoms with Gasteiger partial charge in [-0.3, -0.25) is 0 Å². The molecule has 0 aliphatic rings. The van der Waals surface area contributed by atoms with Gasteiger partial charge in [-0.05, 0) is 62.9 Å². The summed E-state index contributed by atoms with van der Waals surface area (Å²) in [6.07, 6.45) is 3.11. The lowest BCUT2D eigenvalue weighted by atomic mass is 9.96. The van der Waals surface area contributed by atoms with Crippen LogP contribution in [-0.2, 0) is 0 Å². The molecule has 0 amide bonds. The summed E-state index contributed by atoms with van der Waals surface area (Å²) in [5, 5.41) is 3.54. The lowest BCUT2D eigenvalue weighted by Crippen LogP contribution is -2.23. The zero-order valence-corrected chi connectivity index (χ0v) is 11.7. The highest BCUT2D eigenvalue weighted by molar-refractivity contribution is 5.29. The van der Waals surface area contributed by atoms with Crippen LogP contribution in [0.4, 0.5) is 4.39 Å². The van der Waals surface area contributed by atoms with Gasteiger partial charge in [0, 0.05) is 6.04 Å². The molecule has 1 unspecified atom stereocenters. The highest BCUT2D eigenvalue weighted by Crippen LogP contribution is 2.24. The Bertz CT molecular complexity index is 398. The zero-order chi connectivity index (χ0) is 13.5. The molecule has 0 aromatic heterocycles.